The van der Waals surface area contributed by atoms with Crippen molar-refractivity contribution in [2.24, 2.45) is 4.99 Å². The van der Waals surface area contributed by atoms with Crippen LogP contribution >= 0.6 is 0 Å². The zero-order valence-corrected chi connectivity index (χ0v) is 14.9. The van der Waals surface area contributed by atoms with Crippen LogP contribution in [0.4, 0.5) is 13.2 Å². The smallest absolute Gasteiger partial charge is 0.422 e. The molecule has 0 fully saturated rings. The summed E-state index contributed by atoms with van der Waals surface area (Å²) in [7, 11) is 1.66. The molecule has 27 heavy (non-hydrogen) atoms. The van der Waals surface area contributed by atoms with Gasteiger partial charge in [-0.3, -0.25) is 4.99 Å². The van der Waals surface area contributed by atoms with E-state index in [2.05, 4.69) is 30.4 Å². The predicted octanol–water partition coefficient (Wildman–Crippen LogP) is 2.03. The van der Waals surface area contributed by atoms with E-state index in [-0.39, 0.29) is 5.75 Å². The first-order valence-corrected chi connectivity index (χ1v) is 8.58. The number of aromatic nitrogens is 3. The van der Waals surface area contributed by atoms with Crippen molar-refractivity contribution >= 4 is 5.96 Å². The Morgan fingerprint density at radius 1 is 1.19 bits per heavy atom. The summed E-state index contributed by atoms with van der Waals surface area (Å²) < 4.78 is 43.3. The van der Waals surface area contributed by atoms with E-state index in [1.807, 2.05) is 0 Å². The van der Waals surface area contributed by atoms with Gasteiger partial charge in [0.05, 0.1) is 6.54 Å². The van der Waals surface area contributed by atoms with E-state index in [0.717, 1.165) is 36.6 Å². The zero-order valence-electron chi connectivity index (χ0n) is 14.9. The average Bonchev–Trinajstić information content (AvgIpc) is 3.25. The predicted molar refractivity (Wildman–Crippen MR) is 93.4 cm³/mol. The van der Waals surface area contributed by atoms with E-state index in [1.165, 1.54) is 12.1 Å². The fourth-order valence-corrected chi connectivity index (χ4v) is 2.78. The van der Waals surface area contributed by atoms with Crippen molar-refractivity contribution in [2.45, 2.75) is 38.7 Å². The summed E-state index contributed by atoms with van der Waals surface area (Å²) in [5.41, 5.74) is 0.890. The summed E-state index contributed by atoms with van der Waals surface area (Å²) in [6.45, 7) is 0.621. The number of fused-ring (bicyclic) bond motifs is 1. The molecule has 2 aromatic rings. The van der Waals surface area contributed by atoms with E-state index in [4.69, 9.17) is 4.74 Å². The van der Waals surface area contributed by atoms with Gasteiger partial charge < -0.3 is 19.9 Å². The molecule has 0 saturated heterocycles. The highest BCUT2D eigenvalue weighted by molar-refractivity contribution is 5.79. The third-order valence-electron chi connectivity index (χ3n) is 4.11. The van der Waals surface area contributed by atoms with Crippen molar-refractivity contribution in [3.8, 4) is 5.75 Å². The summed E-state index contributed by atoms with van der Waals surface area (Å²) in [5.74, 6) is 2.67. The lowest BCUT2D eigenvalue weighted by atomic mass is 10.2. The summed E-state index contributed by atoms with van der Waals surface area (Å²) in [5, 5.41) is 14.7. The topological polar surface area (TPSA) is 76.4 Å². The van der Waals surface area contributed by atoms with E-state index in [9.17, 15) is 13.2 Å². The number of guanidine groups is 1. The standard InChI is InChI=1S/C17H21F3N6O/c1-21-16(23-10-15-25-24-14-3-2-8-26(14)15)22-9-12-4-6-13(7-5-12)27-11-17(18,19)20/h4-7H,2-3,8-11H2,1H3,(H2,21,22,23). The number of hydrogen-bond acceptors (Lipinski definition) is 4. The highest BCUT2D eigenvalue weighted by Crippen LogP contribution is 2.19. The van der Waals surface area contributed by atoms with Crippen LogP contribution in [0.25, 0.3) is 0 Å². The van der Waals surface area contributed by atoms with Gasteiger partial charge in [0.1, 0.15) is 11.6 Å². The van der Waals surface area contributed by atoms with Crippen LogP contribution in [0.15, 0.2) is 29.3 Å². The first-order chi connectivity index (χ1) is 12.9. The Kier molecular flexibility index (Phi) is 5.82. The summed E-state index contributed by atoms with van der Waals surface area (Å²) >= 11 is 0. The molecule has 146 valence electrons. The van der Waals surface area contributed by atoms with Gasteiger partial charge >= 0.3 is 6.18 Å². The quantitative estimate of drug-likeness (QED) is 0.591. The molecule has 0 unspecified atom stereocenters. The second-order valence-corrected chi connectivity index (χ2v) is 6.11. The number of hydrogen-bond donors (Lipinski definition) is 2. The molecular weight excluding hydrogens is 361 g/mol. The van der Waals surface area contributed by atoms with Gasteiger partial charge in [0.2, 0.25) is 0 Å². The van der Waals surface area contributed by atoms with Gasteiger partial charge in [0.15, 0.2) is 18.4 Å². The van der Waals surface area contributed by atoms with Crippen molar-refractivity contribution in [2.75, 3.05) is 13.7 Å². The van der Waals surface area contributed by atoms with E-state index in [0.29, 0.717) is 19.0 Å². The minimum atomic E-state index is -4.34. The Morgan fingerprint density at radius 2 is 1.93 bits per heavy atom. The Labute approximate surface area is 154 Å². The number of alkyl halides is 3. The van der Waals surface area contributed by atoms with Crippen LogP contribution in [0, 0.1) is 0 Å². The van der Waals surface area contributed by atoms with Gasteiger partial charge in [-0.25, -0.2) is 0 Å². The van der Waals surface area contributed by atoms with Gasteiger partial charge in [-0.1, -0.05) is 12.1 Å². The van der Waals surface area contributed by atoms with Gasteiger partial charge in [0, 0.05) is 26.6 Å². The van der Waals surface area contributed by atoms with Crippen LogP contribution in [0.3, 0.4) is 0 Å². The van der Waals surface area contributed by atoms with Gasteiger partial charge in [-0.15, -0.1) is 10.2 Å². The Hall–Kier alpha value is -2.78. The highest BCUT2D eigenvalue weighted by Gasteiger charge is 2.28. The molecule has 2 N–H and O–H groups in total. The third-order valence-corrected chi connectivity index (χ3v) is 4.11. The number of nitrogens with one attached hydrogen (secondary N) is 2. The van der Waals surface area contributed by atoms with Crippen molar-refractivity contribution in [1.29, 1.82) is 0 Å². The maximum absolute atomic E-state index is 12.2. The van der Waals surface area contributed by atoms with Crippen LogP contribution in [0.5, 0.6) is 5.75 Å². The molecule has 0 aliphatic carbocycles. The fourth-order valence-electron chi connectivity index (χ4n) is 2.78. The number of rotatable bonds is 6. The van der Waals surface area contributed by atoms with Crippen LogP contribution in [0.1, 0.15) is 23.6 Å². The van der Waals surface area contributed by atoms with Crippen LogP contribution < -0.4 is 15.4 Å². The molecule has 0 radical (unpaired) electrons. The molecule has 3 rings (SSSR count). The Balaban J connectivity index is 1.46. The first-order valence-electron chi connectivity index (χ1n) is 8.58. The molecule has 0 spiro atoms. The molecular formula is C17H21F3N6O. The molecule has 0 amide bonds. The lowest BCUT2D eigenvalue weighted by Gasteiger charge is -2.13. The number of ether oxygens (including phenoxy) is 1. The molecule has 1 aliphatic heterocycles. The summed E-state index contributed by atoms with van der Waals surface area (Å²) in [6.07, 6.45) is -2.29. The first kappa shape index (κ1) is 19.0. The molecule has 2 heterocycles. The minimum absolute atomic E-state index is 0.180. The van der Waals surface area contributed by atoms with Gasteiger partial charge in [-0.2, -0.15) is 13.2 Å². The molecule has 7 nitrogen and oxygen atoms in total. The van der Waals surface area contributed by atoms with Crippen molar-refractivity contribution in [1.82, 2.24) is 25.4 Å². The molecule has 0 bridgehead atoms. The maximum Gasteiger partial charge on any atom is 0.422 e. The normalized spacial score (nSPS) is 14.1. The molecule has 0 atom stereocenters. The summed E-state index contributed by atoms with van der Waals surface area (Å²) in [6, 6.07) is 6.44. The average molecular weight is 382 g/mol. The van der Waals surface area contributed by atoms with E-state index < -0.39 is 12.8 Å². The minimum Gasteiger partial charge on any atom is -0.484 e. The third kappa shape index (κ3) is 5.35. The molecule has 0 saturated carbocycles. The highest BCUT2D eigenvalue weighted by atomic mass is 19.4. The second kappa shape index (κ2) is 8.28. The zero-order chi connectivity index (χ0) is 19.3. The monoisotopic (exact) mass is 382 g/mol. The number of aryl methyl sites for hydroxylation is 1. The second-order valence-electron chi connectivity index (χ2n) is 6.11. The Morgan fingerprint density at radius 3 is 2.63 bits per heavy atom. The molecule has 1 aromatic carbocycles. The van der Waals surface area contributed by atoms with Crippen molar-refractivity contribution in [3.63, 3.8) is 0 Å². The summed E-state index contributed by atoms with van der Waals surface area (Å²) in [4.78, 5) is 4.16. The van der Waals surface area contributed by atoms with Crippen molar-refractivity contribution < 1.29 is 17.9 Å². The van der Waals surface area contributed by atoms with Gasteiger partial charge in [0.25, 0.3) is 0 Å². The Bertz CT molecular complexity index is 785. The van der Waals surface area contributed by atoms with E-state index in [1.54, 1.807) is 19.2 Å². The fraction of sp³-hybridized carbons (Fsp3) is 0.471. The largest absolute Gasteiger partial charge is 0.484 e. The molecule has 10 heteroatoms. The number of nitrogens with zero attached hydrogens (tertiary/aromatic N) is 4. The lowest BCUT2D eigenvalue weighted by Crippen LogP contribution is -2.37. The van der Waals surface area contributed by atoms with Gasteiger partial charge in [-0.05, 0) is 24.1 Å². The molecule has 1 aromatic heterocycles. The van der Waals surface area contributed by atoms with Crippen LogP contribution in [-0.2, 0) is 26.1 Å². The van der Waals surface area contributed by atoms with Crippen LogP contribution in [0.2, 0.25) is 0 Å². The number of benzene rings is 1. The SMILES string of the molecule is CN=C(NCc1ccc(OCC(F)(F)F)cc1)NCc1nnc2n1CCC2. The van der Waals surface area contributed by atoms with Crippen LogP contribution in [-0.4, -0.2) is 40.6 Å². The maximum atomic E-state index is 12.2. The number of halogens is 3. The number of aliphatic imine (C=N–C) groups is 1. The molecule has 1 aliphatic rings. The van der Waals surface area contributed by atoms with Crippen molar-refractivity contribution in [3.05, 3.63) is 41.5 Å². The lowest BCUT2D eigenvalue weighted by molar-refractivity contribution is -0.153. The van der Waals surface area contributed by atoms with E-state index >= 15 is 0 Å².